The number of aromatic nitrogens is 2. The molecule has 138 valence electrons. The van der Waals surface area contributed by atoms with Crippen LogP contribution in [-0.4, -0.2) is 24.1 Å². The molecule has 1 amide bonds. The van der Waals surface area contributed by atoms with Gasteiger partial charge in [-0.3, -0.25) is 4.79 Å². The number of nitrogens with one attached hydrogen (secondary N) is 1. The molecule has 0 aliphatic carbocycles. The molecule has 0 aliphatic rings. The number of carbonyl (C=O) groups is 1. The SMILES string of the molecule is NS(=O)(=O)Cc1ccc(NC(=O)/C=C/c2cnn(-c3ccccc3)c2)cc1. The number of carbonyl (C=O) groups excluding carboxylic acids is 1. The first-order valence-corrected chi connectivity index (χ1v) is 9.79. The van der Waals surface area contributed by atoms with Crippen LogP contribution in [0.3, 0.4) is 0 Å². The van der Waals surface area contributed by atoms with E-state index in [-0.39, 0.29) is 11.7 Å². The fourth-order valence-electron chi connectivity index (χ4n) is 2.42. The molecule has 0 bridgehead atoms. The standard InChI is InChI=1S/C19H18N4O3S/c20-27(25,26)14-15-6-9-17(10-7-15)22-19(24)11-8-16-12-21-23(13-16)18-4-2-1-3-5-18/h1-13H,14H2,(H,22,24)(H2,20,25,26)/b11-8+. The predicted molar refractivity (Wildman–Crippen MR) is 104 cm³/mol. The lowest BCUT2D eigenvalue weighted by atomic mass is 10.2. The summed E-state index contributed by atoms with van der Waals surface area (Å²) in [5.41, 5.74) is 2.83. The third kappa shape index (κ3) is 5.63. The Balaban J connectivity index is 1.60. The first kappa shape index (κ1) is 18.6. The van der Waals surface area contributed by atoms with Gasteiger partial charge in [0, 0.05) is 23.5 Å². The highest BCUT2D eigenvalue weighted by Gasteiger charge is 2.05. The van der Waals surface area contributed by atoms with Crippen LogP contribution in [0.25, 0.3) is 11.8 Å². The number of sulfonamides is 1. The van der Waals surface area contributed by atoms with Crippen LogP contribution in [0.15, 0.2) is 73.1 Å². The molecule has 0 aliphatic heterocycles. The second kappa shape index (κ2) is 7.98. The Kier molecular flexibility index (Phi) is 5.49. The molecule has 0 atom stereocenters. The van der Waals surface area contributed by atoms with Crippen molar-refractivity contribution in [1.82, 2.24) is 9.78 Å². The number of amides is 1. The minimum Gasteiger partial charge on any atom is -0.323 e. The number of para-hydroxylation sites is 1. The zero-order valence-electron chi connectivity index (χ0n) is 14.3. The lowest BCUT2D eigenvalue weighted by molar-refractivity contribution is -0.111. The van der Waals surface area contributed by atoms with Gasteiger partial charge in [-0.15, -0.1) is 0 Å². The summed E-state index contributed by atoms with van der Waals surface area (Å²) in [6, 6.07) is 16.1. The maximum atomic E-state index is 12.0. The van der Waals surface area contributed by atoms with Gasteiger partial charge in [0.15, 0.2) is 0 Å². The van der Waals surface area contributed by atoms with Gasteiger partial charge in [-0.25, -0.2) is 18.2 Å². The van der Waals surface area contributed by atoms with Crippen molar-refractivity contribution in [3.63, 3.8) is 0 Å². The van der Waals surface area contributed by atoms with Crippen LogP contribution in [0.4, 0.5) is 5.69 Å². The Labute approximate surface area is 157 Å². The van der Waals surface area contributed by atoms with Gasteiger partial charge in [0.2, 0.25) is 15.9 Å². The molecule has 3 rings (SSSR count). The third-order valence-corrected chi connectivity index (χ3v) is 4.38. The van der Waals surface area contributed by atoms with E-state index in [9.17, 15) is 13.2 Å². The Morgan fingerprint density at radius 1 is 1.11 bits per heavy atom. The molecule has 1 aromatic heterocycles. The number of nitrogens with two attached hydrogens (primary N) is 1. The average molecular weight is 382 g/mol. The van der Waals surface area contributed by atoms with Crippen molar-refractivity contribution in [2.24, 2.45) is 5.14 Å². The number of primary sulfonamides is 1. The number of nitrogens with zero attached hydrogens (tertiary/aromatic N) is 2. The number of anilines is 1. The fraction of sp³-hybridized carbons (Fsp3) is 0.0526. The maximum Gasteiger partial charge on any atom is 0.248 e. The smallest absolute Gasteiger partial charge is 0.248 e. The molecule has 0 spiro atoms. The molecule has 0 saturated carbocycles. The van der Waals surface area contributed by atoms with E-state index in [0.29, 0.717) is 11.3 Å². The monoisotopic (exact) mass is 382 g/mol. The van der Waals surface area contributed by atoms with E-state index >= 15 is 0 Å². The molecule has 7 nitrogen and oxygen atoms in total. The highest BCUT2D eigenvalue weighted by Crippen LogP contribution is 2.12. The lowest BCUT2D eigenvalue weighted by Crippen LogP contribution is -2.14. The van der Waals surface area contributed by atoms with Crippen LogP contribution in [0, 0.1) is 0 Å². The highest BCUT2D eigenvalue weighted by molar-refractivity contribution is 7.88. The Morgan fingerprint density at radius 2 is 1.81 bits per heavy atom. The van der Waals surface area contributed by atoms with Crippen molar-refractivity contribution in [3.05, 3.63) is 84.2 Å². The van der Waals surface area contributed by atoms with Crippen molar-refractivity contribution < 1.29 is 13.2 Å². The second-order valence-corrected chi connectivity index (χ2v) is 7.49. The van der Waals surface area contributed by atoms with Gasteiger partial charge < -0.3 is 5.32 Å². The van der Waals surface area contributed by atoms with Gasteiger partial charge in [0.05, 0.1) is 17.6 Å². The zero-order valence-corrected chi connectivity index (χ0v) is 15.1. The molecule has 0 radical (unpaired) electrons. The van der Waals surface area contributed by atoms with E-state index in [4.69, 9.17) is 5.14 Å². The topological polar surface area (TPSA) is 107 Å². The van der Waals surface area contributed by atoms with Crippen LogP contribution in [-0.2, 0) is 20.6 Å². The van der Waals surface area contributed by atoms with E-state index in [1.165, 1.54) is 6.08 Å². The lowest BCUT2D eigenvalue weighted by Gasteiger charge is -2.04. The molecule has 27 heavy (non-hydrogen) atoms. The summed E-state index contributed by atoms with van der Waals surface area (Å²) in [7, 11) is -3.58. The third-order valence-electron chi connectivity index (χ3n) is 3.64. The van der Waals surface area contributed by atoms with E-state index in [2.05, 4.69) is 10.4 Å². The largest absolute Gasteiger partial charge is 0.323 e. The maximum absolute atomic E-state index is 12.0. The van der Waals surface area contributed by atoms with Crippen molar-refractivity contribution in [2.75, 3.05) is 5.32 Å². The van der Waals surface area contributed by atoms with Crippen LogP contribution >= 0.6 is 0 Å². The highest BCUT2D eigenvalue weighted by atomic mass is 32.2. The summed E-state index contributed by atoms with van der Waals surface area (Å²) in [6.07, 6.45) is 6.56. The summed E-state index contributed by atoms with van der Waals surface area (Å²) in [6.45, 7) is 0. The van der Waals surface area contributed by atoms with Gasteiger partial charge in [0.25, 0.3) is 0 Å². The molecule has 0 fully saturated rings. The molecule has 0 saturated heterocycles. The predicted octanol–water partition coefficient (Wildman–Crippen LogP) is 2.31. The molecule has 3 aromatic rings. The average Bonchev–Trinajstić information content (AvgIpc) is 3.10. The number of rotatable bonds is 6. The normalized spacial score (nSPS) is 11.6. The van der Waals surface area contributed by atoms with Crippen molar-refractivity contribution >= 4 is 27.7 Å². The quantitative estimate of drug-likeness (QED) is 0.638. The van der Waals surface area contributed by atoms with Gasteiger partial charge in [-0.1, -0.05) is 30.3 Å². The zero-order chi connectivity index (χ0) is 19.3. The van der Waals surface area contributed by atoms with Crippen molar-refractivity contribution in [1.29, 1.82) is 0 Å². The van der Waals surface area contributed by atoms with Gasteiger partial charge in [0.1, 0.15) is 0 Å². The number of benzene rings is 2. The van der Waals surface area contributed by atoms with E-state index < -0.39 is 10.0 Å². The molecular weight excluding hydrogens is 364 g/mol. The summed E-state index contributed by atoms with van der Waals surface area (Å²) in [5, 5.41) is 12.0. The van der Waals surface area contributed by atoms with Gasteiger partial charge in [-0.05, 0) is 35.9 Å². The van der Waals surface area contributed by atoms with Crippen molar-refractivity contribution in [2.45, 2.75) is 5.75 Å². The fourth-order valence-corrected chi connectivity index (χ4v) is 3.07. The van der Waals surface area contributed by atoms with Crippen LogP contribution in [0.1, 0.15) is 11.1 Å². The van der Waals surface area contributed by atoms with Crippen LogP contribution in [0.2, 0.25) is 0 Å². The Hall–Kier alpha value is -3.23. The van der Waals surface area contributed by atoms with Gasteiger partial charge in [-0.2, -0.15) is 5.10 Å². The summed E-state index contributed by atoms with van der Waals surface area (Å²) in [4.78, 5) is 12.0. The summed E-state index contributed by atoms with van der Waals surface area (Å²) < 4.78 is 23.9. The van der Waals surface area contributed by atoms with Crippen molar-refractivity contribution in [3.8, 4) is 5.69 Å². The first-order valence-electron chi connectivity index (χ1n) is 8.08. The summed E-state index contributed by atoms with van der Waals surface area (Å²) >= 11 is 0. The van der Waals surface area contributed by atoms with Crippen LogP contribution in [0.5, 0.6) is 0 Å². The molecule has 0 unspecified atom stereocenters. The Bertz CT molecular complexity index is 1060. The number of hydrogen-bond donors (Lipinski definition) is 2. The summed E-state index contributed by atoms with van der Waals surface area (Å²) in [5.74, 6) is -0.548. The minimum atomic E-state index is -3.58. The molecule has 1 heterocycles. The van der Waals surface area contributed by atoms with Gasteiger partial charge >= 0.3 is 0 Å². The first-order chi connectivity index (χ1) is 12.9. The number of hydrogen-bond acceptors (Lipinski definition) is 4. The minimum absolute atomic E-state index is 0.244. The Morgan fingerprint density at radius 3 is 2.48 bits per heavy atom. The molecule has 8 heteroatoms. The van der Waals surface area contributed by atoms with E-state index in [0.717, 1.165) is 11.3 Å². The second-order valence-electron chi connectivity index (χ2n) is 5.88. The van der Waals surface area contributed by atoms with Crippen LogP contribution < -0.4 is 10.5 Å². The molecule has 3 N–H and O–H groups in total. The molecule has 2 aromatic carbocycles. The molecular formula is C19H18N4O3S. The van der Waals surface area contributed by atoms with E-state index in [1.54, 1.807) is 41.2 Å². The van der Waals surface area contributed by atoms with E-state index in [1.807, 2.05) is 36.5 Å².